The first-order chi connectivity index (χ1) is 8.72. The number of aromatic nitrogens is 4. The summed E-state index contributed by atoms with van der Waals surface area (Å²) in [4.78, 5) is 0. The zero-order valence-electron chi connectivity index (χ0n) is 10.6. The van der Waals surface area contributed by atoms with Crippen LogP contribution in [0, 0.1) is 11.8 Å². The van der Waals surface area contributed by atoms with E-state index in [1.807, 2.05) is 35.0 Å². The number of hydrogen-bond donors (Lipinski definition) is 0. The summed E-state index contributed by atoms with van der Waals surface area (Å²) in [6, 6.07) is 10.00. The van der Waals surface area contributed by atoms with Crippen molar-refractivity contribution in [1.82, 2.24) is 20.2 Å². The molecule has 0 saturated carbocycles. The summed E-state index contributed by atoms with van der Waals surface area (Å²) in [5, 5.41) is 13.0. The fraction of sp³-hybridized carbons (Fsp3) is 0.462. The van der Waals surface area contributed by atoms with Gasteiger partial charge in [0, 0.05) is 11.8 Å². The molecular formula is C13H17BrN4. The van der Waals surface area contributed by atoms with Crippen molar-refractivity contribution in [3.63, 3.8) is 0 Å². The van der Waals surface area contributed by atoms with Crippen molar-refractivity contribution in [1.29, 1.82) is 0 Å². The van der Waals surface area contributed by atoms with Gasteiger partial charge in [-0.3, -0.25) is 0 Å². The highest BCUT2D eigenvalue weighted by Gasteiger charge is 2.17. The van der Waals surface area contributed by atoms with Gasteiger partial charge in [0.05, 0.1) is 5.69 Å². The first-order valence-corrected chi connectivity index (χ1v) is 7.23. The number of hydrogen-bond acceptors (Lipinski definition) is 3. The Labute approximate surface area is 116 Å². The van der Waals surface area contributed by atoms with Crippen LogP contribution in [0.1, 0.15) is 19.7 Å². The molecule has 96 valence electrons. The second-order valence-corrected chi connectivity index (χ2v) is 5.35. The molecular weight excluding hydrogens is 292 g/mol. The molecule has 0 saturated heterocycles. The molecule has 0 spiro atoms. The maximum atomic E-state index is 4.14. The van der Waals surface area contributed by atoms with E-state index in [9.17, 15) is 0 Å². The van der Waals surface area contributed by atoms with Crippen molar-refractivity contribution >= 4 is 15.9 Å². The van der Waals surface area contributed by atoms with Gasteiger partial charge in [0.2, 0.25) is 0 Å². The fourth-order valence-corrected chi connectivity index (χ4v) is 2.78. The third kappa shape index (κ3) is 2.96. The van der Waals surface area contributed by atoms with Crippen molar-refractivity contribution < 1.29 is 0 Å². The lowest BCUT2D eigenvalue weighted by Crippen LogP contribution is -2.16. The number of para-hydroxylation sites is 1. The molecule has 0 N–H and O–H groups in total. The highest BCUT2D eigenvalue weighted by molar-refractivity contribution is 9.09. The van der Waals surface area contributed by atoms with Gasteiger partial charge in [-0.15, -0.1) is 5.10 Å². The highest BCUT2D eigenvalue weighted by atomic mass is 79.9. The van der Waals surface area contributed by atoms with Crippen LogP contribution in [-0.2, 0) is 6.42 Å². The van der Waals surface area contributed by atoms with Gasteiger partial charge in [-0.2, -0.15) is 4.68 Å². The molecule has 1 aromatic carbocycles. The van der Waals surface area contributed by atoms with E-state index in [2.05, 4.69) is 45.3 Å². The smallest absolute Gasteiger partial charge is 0.157 e. The highest BCUT2D eigenvalue weighted by Crippen LogP contribution is 2.19. The Bertz CT molecular complexity index is 481. The summed E-state index contributed by atoms with van der Waals surface area (Å²) in [7, 11) is 0. The van der Waals surface area contributed by atoms with Crippen LogP contribution in [0.2, 0.25) is 0 Å². The number of tetrazole rings is 1. The Morgan fingerprint density at radius 1 is 1.22 bits per heavy atom. The van der Waals surface area contributed by atoms with Crippen molar-refractivity contribution in [3.8, 4) is 5.69 Å². The van der Waals surface area contributed by atoms with Gasteiger partial charge in [0.1, 0.15) is 0 Å². The molecule has 0 bridgehead atoms. The van der Waals surface area contributed by atoms with Crippen LogP contribution in [0.4, 0.5) is 0 Å². The number of alkyl halides is 1. The van der Waals surface area contributed by atoms with Crippen molar-refractivity contribution in [3.05, 3.63) is 36.2 Å². The Balaban J connectivity index is 2.23. The molecule has 1 unspecified atom stereocenters. The van der Waals surface area contributed by atoms with Gasteiger partial charge in [-0.25, -0.2) is 0 Å². The summed E-state index contributed by atoms with van der Waals surface area (Å²) < 4.78 is 1.82. The minimum atomic E-state index is 0.540. The van der Waals surface area contributed by atoms with Crippen molar-refractivity contribution in [2.75, 3.05) is 5.33 Å². The molecule has 4 nitrogen and oxygen atoms in total. The van der Waals surface area contributed by atoms with Crippen LogP contribution in [0.25, 0.3) is 5.69 Å². The number of nitrogens with zero attached hydrogens (tertiary/aromatic N) is 4. The maximum Gasteiger partial charge on any atom is 0.157 e. The summed E-state index contributed by atoms with van der Waals surface area (Å²) in [5.41, 5.74) is 1.01. The zero-order chi connectivity index (χ0) is 13.0. The Morgan fingerprint density at radius 2 is 1.94 bits per heavy atom. The second-order valence-electron chi connectivity index (χ2n) is 4.70. The molecule has 2 rings (SSSR count). The Morgan fingerprint density at radius 3 is 2.56 bits per heavy atom. The van der Waals surface area contributed by atoms with Gasteiger partial charge in [0.15, 0.2) is 5.82 Å². The average molecular weight is 309 g/mol. The SMILES string of the molecule is CC(C)C(CBr)Cc1nnnn1-c1ccccc1. The van der Waals surface area contributed by atoms with E-state index in [1.54, 1.807) is 0 Å². The zero-order valence-corrected chi connectivity index (χ0v) is 12.2. The molecule has 2 aromatic rings. The van der Waals surface area contributed by atoms with Crippen LogP contribution in [0.3, 0.4) is 0 Å². The van der Waals surface area contributed by atoms with Gasteiger partial charge < -0.3 is 0 Å². The van der Waals surface area contributed by atoms with Gasteiger partial charge in [-0.1, -0.05) is 48.0 Å². The standard InChI is InChI=1S/C13H17BrN4/c1-10(2)11(9-14)8-13-15-16-17-18(13)12-6-4-3-5-7-12/h3-7,10-11H,8-9H2,1-2H3. The van der Waals surface area contributed by atoms with E-state index in [4.69, 9.17) is 0 Å². The first-order valence-electron chi connectivity index (χ1n) is 6.11. The van der Waals surface area contributed by atoms with Gasteiger partial charge >= 0.3 is 0 Å². The van der Waals surface area contributed by atoms with E-state index in [0.29, 0.717) is 11.8 Å². The van der Waals surface area contributed by atoms with Crippen molar-refractivity contribution in [2.24, 2.45) is 11.8 Å². The molecule has 1 heterocycles. The first kappa shape index (κ1) is 13.2. The number of rotatable bonds is 5. The average Bonchev–Trinajstić information content (AvgIpc) is 2.84. The largest absolute Gasteiger partial charge is 0.197 e. The second kappa shape index (κ2) is 6.09. The van der Waals surface area contributed by atoms with Gasteiger partial charge in [-0.05, 0) is 34.4 Å². The molecule has 18 heavy (non-hydrogen) atoms. The van der Waals surface area contributed by atoms with Crippen LogP contribution in [0.5, 0.6) is 0 Å². The van der Waals surface area contributed by atoms with Crippen LogP contribution in [-0.4, -0.2) is 25.5 Å². The fourth-order valence-electron chi connectivity index (χ4n) is 1.81. The Hall–Kier alpha value is -1.23. The topological polar surface area (TPSA) is 43.6 Å². The maximum absolute atomic E-state index is 4.14. The molecule has 5 heteroatoms. The number of halogens is 1. The normalized spacial score (nSPS) is 12.9. The van der Waals surface area contributed by atoms with Crippen LogP contribution < -0.4 is 0 Å². The van der Waals surface area contributed by atoms with E-state index in [-0.39, 0.29) is 0 Å². The lowest BCUT2D eigenvalue weighted by Gasteiger charge is -2.17. The minimum absolute atomic E-state index is 0.540. The number of benzene rings is 1. The summed E-state index contributed by atoms with van der Waals surface area (Å²) in [5.74, 6) is 2.06. The van der Waals surface area contributed by atoms with E-state index < -0.39 is 0 Å². The van der Waals surface area contributed by atoms with Crippen LogP contribution in [0.15, 0.2) is 30.3 Å². The molecule has 0 aliphatic rings. The van der Waals surface area contributed by atoms with E-state index >= 15 is 0 Å². The monoisotopic (exact) mass is 308 g/mol. The quantitative estimate of drug-likeness (QED) is 0.798. The predicted octanol–water partition coefficient (Wildman–Crippen LogP) is 2.87. The third-order valence-corrected chi connectivity index (χ3v) is 3.95. The molecule has 1 aromatic heterocycles. The summed E-state index contributed by atoms with van der Waals surface area (Å²) in [6.07, 6.45) is 0.880. The molecule has 1 atom stereocenters. The Kier molecular flexibility index (Phi) is 4.47. The predicted molar refractivity (Wildman–Crippen MR) is 75.0 cm³/mol. The minimum Gasteiger partial charge on any atom is -0.197 e. The third-order valence-electron chi connectivity index (χ3n) is 3.12. The van der Waals surface area contributed by atoms with E-state index in [1.165, 1.54) is 0 Å². The van der Waals surface area contributed by atoms with Crippen LogP contribution >= 0.6 is 15.9 Å². The summed E-state index contributed by atoms with van der Waals surface area (Å²) in [6.45, 7) is 4.45. The summed E-state index contributed by atoms with van der Waals surface area (Å²) >= 11 is 3.57. The molecule has 0 aliphatic carbocycles. The lowest BCUT2D eigenvalue weighted by molar-refractivity contribution is 0.415. The molecule has 0 fully saturated rings. The van der Waals surface area contributed by atoms with E-state index in [0.717, 1.165) is 23.3 Å². The molecule has 0 amide bonds. The molecule has 0 aliphatic heterocycles. The lowest BCUT2D eigenvalue weighted by atomic mass is 9.94. The van der Waals surface area contributed by atoms with Gasteiger partial charge in [0.25, 0.3) is 0 Å². The molecule has 0 radical (unpaired) electrons. The van der Waals surface area contributed by atoms with Crippen molar-refractivity contribution in [2.45, 2.75) is 20.3 Å².